The Morgan fingerprint density at radius 2 is 2.33 bits per heavy atom. The molecule has 0 radical (unpaired) electrons. The number of likely N-dealkylation sites (N-methyl/N-ethyl adjacent to an activating group) is 1. The Hall–Kier alpha value is -0.100. The first-order valence-electron chi connectivity index (χ1n) is 3.42. The fraction of sp³-hybridized carbons (Fsp3) is 1.00. The topological polar surface area (TPSA) is 58.4 Å². The zero-order chi connectivity index (χ0) is 9.35. The maximum absolute atomic E-state index is 10.4. The monoisotopic (exact) mass is 213 g/mol. The molecule has 0 aromatic heterocycles. The standard InChI is InChI=1S/C5H9Cl2N3O2/c1-9-3-2-8-4(9)5(6,7)10(11)12/h4,8H,2-3H2,1H3. The van der Waals surface area contributed by atoms with Gasteiger partial charge in [-0.3, -0.25) is 20.3 Å². The van der Waals surface area contributed by atoms with Gasteiger partial charge in [0.25, 0.3) is 0 Å². The summed E-state index contributed by atoms with van der Waals surface area (Å²) in [6, 6.07) is 0. The molecule has 0 aromatic rings. The van der Waals surface area contributed by atoms with Crippen molar-refractivity contribution in [3.8, 4) is 0 Å². The Morgan fingerprint density at radius 1 is 1.75 bits per heavy atom. The van der Waals surface area contributed by atoms with Gasteiger partial charge in [0.15, 0.2) is 6.17 Å². The van der Waals surface area contributed by atoms with Crippen LogP contribution in [0, 0.1) is 10.1 Å². The zero-order valence-electron chi connectivity index (χ0n) is 6.46. The minimum atomic E-state index is -1.97. The van der Waals surface area contributed by atoms with Gasteiger partial charge in [-0.25, -0.2) is 0 Å². The number of alkyl halides is 2. The van der Waals surface area contributed by atoms with Crippen LogP contribution in [-0.2, 0) is 0 Å². The molecule has 12 heavy (non-hydrogen) atoms. The van der Waals surface area contributed by atoms with Gasteiger partial charge in [-0.1, -0.05) is 0 Å². The van der Waals surface area contributed by atoms with Crippen LogP contribution in [0.5, 0.6) is 0 Å². The van der Waals surface area contributed by atoms with Crippen molar-refractivity contribution in [2.24, 2.45) is 0 Å². The molecule has 1 aliphatic heterocycles. The minimum absolute atomic E-state index is 0.615. The second kappa shape index (κ2) is 3.33. The van der Waals surface area contributed by atoms with E-state index in [0.29, 0.717) is 13.1 Å². The van der Waals surface area contributed by atoms with Crippen LogP contribution in [0.1, 0.15) is 0 Å². The zero-order valence-corrected chi connectivity index (χ0v) is 7.97. The first-order chi connectivity index (χ1) is 5.46. The summed E-state index contributed by atoms with van der Waals surface area (Å²) in [5.74, 6) is 0. The molecule has 1 heterocycles. The van der Waals surface area contributed by atoms with E-state index in [-0.39, 0.29) is 0 Å². The van der Waals surface area contributed by atoms with Crippen LogP contribution >= 0.6 is 23.2 Å². The third-order valence-electron chi connectivity index (χ3n) is 1.82. The average molecular weight is 214 g/mol. The molecular formula is C5H9Cl2N3O2. The fourth-order valence-electron chi connectivity index (χ4n) is 1.15. The van der Waals surface area contributed by atoms with Gasteiger partial charge in [-0.05, 0) is 30.2 Å². The molecule has 1 N–H and O–H groups in total. The molecule has 0 amide bonds. The van der Waals surface area contributed by atoms with Crippen LogP contribution in [0.4, 0.5) is 0 Å². The van der Waals surface area contributed by atoms with Crippen molar-refractivity contribution in [3.05, 3.63) is 10.1 Å². The highest BCUT2D eigenvalue weighted by atomic mass is 35.5. The summed E-state index contributed by atoms with van der Waals surface area (Å²) in [4.78, 5) is 11.4. The van der Waals surface area contributed by atoms with Gasteiger partial charge in [0.1, 0.15) is 0 Å². The molecule has 0 saturated carbocycles. The van der Waals surface area contributed by atoms with Gasteiger partial charge in [0.05, 0.1) is 4.92 Å². The van der Waals surface area contributed by atoms with Crippen molar-refractivity contribution < 1.29 is 4.92 Å². The number of halogens is 2. The first kappa shape index (κ1) is 9.98. The molecule has 0 aromatic carbocycles. The van der Waals surface area contributed by atoms with Crippen LogP contribution in [0.15, 0.2) is 0 Å². The maximum atomic E-state index is 10.4. The Bertz CT molecular complexity index is 199. The largest absolute Gasteiger partial charge is 0.398 e. The van der Waals surface area contributed by atoms with Gasteiger partial charge >= 0.3 is 4.46 Å². The number of hydrogen-bond donors (Lipinski definition) is 1. The quantitative estimate of drug-likeness (QED) is 0.310. The average Bonchev–Trinajstić information content (AvgIpc) is 2.35. The van der Waals surface area contributed by atoms with Crippen molar-refractivity contribution in [1.29, 1.82) is 0 Å². The lowest BCUT2D eigenvalue weighted by Gasteiger charge is -2.23. The molecule has 0 spiro atoms. The highest BCUT2D eigenvalue weighted by Crippen LogP contribution is 2.28. The molecule has 1 aliphatic rings. The van der Waals surface area contributed by atoms with Crippen LogP contribution in [0.2, 0.25) is 0 Å². The van der Waals surface area contributed by atoms with Crippen LogP contribution in [0.25, 0.3) is 0 Å². The van der Waals surface area contributed by atoms with E-state index in [1.54, 1.807) is 11.9 Å². The third kappa shape index (κ3) is 1.64. The lowest BCUT2D eigenvalue weighted by Crippen LogP contribution is -2.51. The number of rotatable bonds is 2. The van der Waals surface area contributed by atoms with Crippen LogP contribution in [0.3, 0.4) is 0 Å². The van der Waals surface area contributed by atoms with E-state index in [1.165, 1.54) is 0 Å². The van der Waals surface area contributed by atoms with Gasteiger partial charge < -0.3 is 0 Å². The van der Waals surface area contributed by atoms with Gasteiger partial charge in [0.2, 0.25) is 0 Å². The molecule has 1 rings (SSSR count). The lowest BCUT2D eigenvalue weighted by molar-refractivity contribution is -0.523. The van der Waals surface area contributed by atoms with Crippen molar-refractivity contribution in [3.63, 3.8) is 0 Å². The maximum Gasteiger partial charge on any atom is 0.398 e. The van der Waals surface area contributed by atoms with E-state index < -0.39 is 15.5 Å². The molecule has 0 aliphatic carbocycles. The molecule has 0 bridgehead atoms. The molecule has 1 unspecified atom stereocenters. The van der Waals surface area contributed by atoms with E-state index >= 15 is 0 Å². The van der Waals surface area contributed by atoms with Crippen molar-refractivity contribution in [2.45, 2.75) is 10.6 Å². The predicted octanol–water partition coefficient (Wildman–Crippen LogP) is 0.256. The normalized spacial score (nSPS) is 26.1. The van der Waals surface area contributed by atoms with Gasteiger partial charge in [0, 0.05) is 13.1 Å². The minimum Gasteiger partial charge on any atom is -0.292 e. The Labute approximate surface area is 79.8 Å². The van der Waals surface area contributed by atoms with Crippen LogP contribution < -0.4 is 5.32 Å². The molecule has 70 valence electrons. The van der Waals surface area contributed by atoms with E-state index in [1.807, 2.05) is 0 Å². The second-order valence-electron chi connectivity index (χ2n) is 2.68. The highest BCUT2D eigenvalue weighted by Gasteiger charge is 2.51. The van der Waals surface area contributed by atoms with Gasteiger partial charge in [-0.2, -0.15) is 0 Å². The Kier molecular flexibility index (Phi) is 2.77. The van der Waals surface area contributed by atoms with Crippen molar-refractivity contribution in [2.75, 3.05) is 20.1 Å². The van der Waals surface area contributed by atoms with E-state index in [9.17, 15) is 10.1 Å². The summed E-state index contributed by atoms with van der Waals surface area (Å²) in [7, 11) is 1.73. The van der Waals surface area contributed by atoms with E-state index in [4.69, 9.17) is 23.2 Å². The summed E-state index contributed by atoms with van der Waals surface area (Å²) in [6.45, 7) is 1.37. The molecular weight excluding hydrogens is 205 g/mol. The van der Waals surface area contributed by atoms with Crippen molar-refractivity contribution >= 4 is 23.2 Å². The van der Waals surface area contributed by atoms with E-state index in [0.717, 1.165) is 0 Å². The summed E-state index contributed by atoms with van der Waals surface area (Å²) < 4.78 is -1.97. The van der Waals surface area contributed by atoms with E-state index in [2.05, 4.69) is 5.32 Å². The van der Waals surface area contributed by atoms with Crippen molar-refractivity contribution in [1.82, 2.24) is 10.2 Å². The highest BCUT2D eigenvalue weighted by molar-refractivity contribution is 6.47. The molecule has 1 saturated heterocycles. The first-order valence-corrected chi connectivity index (χ1v) is 4.18. The Morgan fingerprint density at radius 3 is 2.67 bits per heavy atom. The number of nitro groups is 1. The van der Waals surface area contributed by atoms with Crippen LogP contribution in [-0.4, -0.2) is 40.6 Å². The number of hydrogen-bond acceptors (Lipinski definition) is 4. The third-order valence-corrected chi connectivity index (χ3v) is 2.50. The summed E-state index contributed by atoms with van der Waals surface area (Å²) in [5.41, 5.74) is 0. The number of nitrogens with zero attached hydrogens (tertiary/aromatic N) is 2. The SMILES string of the molecule is CN1CCNC1C(Cl)(Cl)[N+](=O)[O-]. The second-order valence-corrected chi connectivity index (χ2v) is 4.03. The predicted molar refractivity (Wildman–Crippen MR) is 45.9 cm³/mol. The van der Waals surface area contributed by atoms with Gasteiger partial charge in [-0.15, -0.1) is 0 Å². The summed E-state index contributed by atoms with van der Waals surface area (Å²) in [6.07, 6.45) is -0.615. The fourth-order valence-corrected chi connectivity index (χ4v) is 1.64. The summed E-state index contributed by atoms with van der Waals surface area (Å²) in [5, 5.41) is 13.3. The Balaban J connectivity index is 2.73. The molecule has 5 nitrogen and oxygen atoms in total. The summed E-state index contributed by atoms with van der Waals surface area (Å²) >= 11 is 11.1. The number of nitrogens with one attached hydrogen (secondary N) is 1. The molecule has 7 heteroatoms. The smallest absolute Gasteiger partial charge is 0.292 e. The molecule has 1 fully saturated rings. The lowest BCUT2D eigenvalue weighted by atomic mass is 10.4. The molecule has 1 atom stereocenters.